The van der Waals surface area contributed by atoms with Crippen LogP contribution in [0.3, 0.4) is 0 Å². The summed E-state index contributed by atoms with van der Waals surface area (Å²) in [6, 6.07) is 2.02. The van der Waals surface area contributed by atoms with E-state index in [-0.39, 0.29) is 0 Å². The fourth-order valence-corrected chi connectivity index (χ4v) is 1.48. The van der Waals surface area contributed by atoms with Crippen LogP contribution in [-0.2, 0) is 0 Å². The average molecular weight is 207 g/mol. The Morgan fingerprint density at radius 2 is 2.21 bits per heavy atom. The second kappa shape index (κ2) is 2.96. The van der Waals surface area contributed by atoms with Crippen molar-refractivity contribution < 1.29 is 0 Å². The summed E-state index contributed by atoms with van der Waals surface area (Å²) in [5, 5.41) is 13.3. The molecule has 0 saturated carbocycles. The van der Waals surface area contributed by atoms with Crippen LogP contribution in [0.2, 0.25) is 5.15 Å². The molecule has 0 aromatic carbocycles. The third kappa shape index (κ3) is 1.06. The van der Waals surface area contributed by atoms with Gasteiger partial charge in [0, 0.05) is 11.3 Å². The first-order chi connectivity index (χ1) is 6.65. The molecule has 0 spiro atoms. The molecule has 0 atom stereocenters. The highest BCUT2D eigenvalue weighted by atomic mass is 35.5. The number of nitriles is 1. The second-order valence-electron chi connectivity index (χ2n) is 3.02. The maximum Gasteiger partial charge on any atom is 0.174 e. The largest absolute Gasteiger partial charge is 0.232 e. The maximum absolute atomic E-state index is 8.79. The molecule has 0 bridgehead atoms. The van der Waals surface area contributed by atoms with E-state index in [1.54, 1.807) is 0 Å². The highest BCUT2D eigenvalue weighted by Gasteiger charge is 2.11. The number of aromatic nitrogens is 3. The number of halogens is 1. The number of fused-ring (bicyclic) bond motifs is 1. The summed E-state index contributed by atoms with van der Waals surface area (Å²) in [6.45, 7) is 3.73. The maximum atomic E-state index is 8.79. The Kier molecular flexibility index (Phi) is 1.90. The number of hydrogen-bond donors (Lipinski definition) is 0. The van der Waals surface area contributed by atoms with Crippen molar-refractivity contribution in [1.29, 1.82) is 5.26 Å². The van der Waals surface area contributed by atoms with Crippen LogP contribution in [-0.4, -0.2) is 14.6 Å². The summed E-state index contributed by atoms with van der Waals surface area (Å²) in [7, 11) is 0. The van der Waals surface area contributed by atoms with Crippen molar-refractivity contribution in [3.63, 3.8) is 0 Å². The van der Waals surface area contributed by atoms with E-state index in [9.17, 15) is 0 Å². The summed E-state index contributed by atoms with van der Waals surface area (Å²) in [5.74, 6) is 0. The van der Waals surface area contributed by atoms with Crippen LogP contribution in [0, 0.1) is 25.2 Å². The molecule has 0 N–H and O–H groups in total. The van der Waals surface area contributed by atoms with Gasteiger partial charge in [-0.25, -0.2) is 9.50 Å². The molecule has 14 heavy (non-hydrogen) atoms. The van der Waals surface area contributed by atoms with E-state index in [0.29, 0.717) is 16.4 Å². The van der Waals surface area contributed by atoms with Crippen LogP contribution in [0.25, 0.3) is 5.65 Å². The molecule has 70 valence electrons. The Balaban J connectivity index is 2.95. The molecule has 0 amide bonds. The Morgan fingerprint density at radius 3 is 2.86 bits per heavy atom. The Morgan fingerprint density at radius 1 is 1.50 bits per heavy atom. The van der Waals surface area contributed by atoms with E-state index in [1.807, 2.05) is 19.9 Å². The smallest absolute Gasteiger partial charge is 0.174 e. The molecule has 0 aliphatic carbocycles. The van der Waals surface area contributed by atoms with Gasteiger partial charge in [0.25, 0.3) is 0 Å². The first kappa shape index (κ1) is 8.97. The van der Waals surface area contributed by atoms with Crippen LogP contribution >= 0.6 is 11.6 Å². The lowest BCUT2D eigenvalue weighted by atomic mass is 10.2. The van der Waals surface area contributed by atoms with Gasteiger partial charge in [0.1, 0.15) is 16.8 Å². The average Bonchev–Trinajstić information content (AvgIpc) is 2.57. The predicted octanol–water partition coefficient (Wildman–Crippen LogP) is 1.87. The normalized spacial score (nSPS) is 10.4. The molecule has 0 aliphatic rings. The molecule has 2 heterocycles. The lowest BCUT2D eigenvalue weighted by Gasteiger charge is -2.03. The van der Waals surface area contributed by atoms with E-state index < -0.39 is 0 Å². The standard InChI is InChI=1S/C9H7ClN4/c1-5-6(2)13-9-7(3-11)4-12-14(9)8(5)10/h4H,1-2H3. The highest BCUT2D eigenvalue weighted by molar-refractivity contribution is 6.30. The molecular formula is C9H7ClN4. The number of nitrogens with zero attached hydrogens (tertiary/aromatic N) is 4. The van der Waals surface area contributed by atoms with Gasteiger partial charge in [0.15, 0.2) is 5.65 Å². The summed E-state index contributed by atoms with van der Waals surface area (Å²) in [4.78, 5) is 4.26. The number of rotatable bonds is 0. The molecule has 0 unspecified atom stereocenters. The van der Waals surface area contributed by atoms with Gasteiger partial charge in [-0.3, -0.25) is 0 Å². The van der Waals surface area contributed by atoms with Crippen LogP contribution < -0.4 is 0 Å². The molecule has 5 heteroatoms. The fourth-order valence-electron chi connectivity index (χ4n) is 1.22. The molecule has 0 radical (unpaired) electrons. The minimum absolute atomic E-state index is 0.440. The fraction of sp³-hybridized carbons (Fsp3) is 0.222. The van der Waals surface area contributed by atoms with Crippen molar-refractivity contribution in [1.82, 2.24) is 14.6 Å². The van der Waals surface area contributed by atoms with E-state index in [2.05, 4.69) is 10.1 Å². The monoisotopic (exact) mass is 206 g/mol. The Bertz CT molecular complexity index is 550. The van der Waals surface area contributed by atoms with Gasteiger partial charge in [0.05, 0.1) is 6.20 Å². The van der Waals surface area contributed by atoms with Gasteiger partial charge < -0.3 is 0 Å². The zero-order valence-electron chi connectivity index (χ0n) is 7.74. The number of hydrogen-bond acceptors (Lipinski definition) is 3. The summed E-state index contributed by atoms with van der Waals surface area (Å²) < 4.78 is 1.47. The predicted molar refractivity (Wildman–Crippen MR) is 52.2 cm³/mol. The van der Waals surface area contributed by atoms with Crippen LogP contribution in [0.5, 0.6) is 0 Å². The van der Waals surface area contributed by atoms with Gasteiger partial charge in [-0.05, 0) is 13.8 Å². The SMILES string of the molecule is Cc1nc2c(C#N)cnn2c(Cl)c1C. The van der Waals surface area contributed by atoms with E-state index in [4.69, 9.17) is 16.9 Å². The van der Waals surface area contributed by atoms with Crippen LogP contribution in [0.15, 0.2) is 6.20 Å². The van der Waals surface area contributed by atoms with Gasteiger partial charge in [-0.2, -0.15) is 10.4 Å². The molecule has 0 fully saturated rings. The van der Waals surface area contributed by atoms with Crippen molar-refractivity contribution in [2.24, 2.45) is 0 Å². The van der Waals surface area contributed by atoms with Crippen molar-refractivity contribution >= 4 is 17.2 Å². The minimum atomic E-state index is 0.440. The molecule has 0 aliphatic heterocycles. The minimum Gasteiger partial charge on any atom is -0.232 e. The van der Waals surface area contributed by atoms with Crippen molar-refractivity contribution in [2.75, 3.05) is 0 Å². The Hall–Kier alpha value is -1.60. The molecule has 4 nitrogen and oxygen atoms in total. The van der Waals surface area contributed by atoms with Crippen molar-refractivity contribution in [2.45, 2.75) is 13.8 Å². The molecular weight excluding hydrogens is 200 g/mol. The van der Waals surface area contributed by atoms with E-state index in [0.717, 1.165) is 11.3 Å². The van der Waals surface area contributed by atoms with Crippen molar-refractivity contribution in [3.05, 3.63) is 28.2 Å². The lowest BCUT2D eigenvalue weighted by Crippen LogP contribution is -1.98. The summed E-state index contributed by atoms with van der Waals surface area (Å²) >= 11 is 6.05. The molecule has 2 rings (SSSR count). The zero-order valence-corrected chi connectivity index (χ0v) is 8.50. The third-order valence-corrected chi connectivity index (χ3v) is 2.62. The molecule has 2 aromatic rings. The lowest BCUT2D eigenvalue weighted by molar-refractivity contribution is 0.916. The van der Waals surface area contributed by atoms with Gasteiger partial charge in [-0.15, -0.1) is 0 Å². The van der Waals surface area contributed by atoms with Crippen molar-refractivity contribution in [3.8, 4) is 6.07 Å². The van der Waals surface area contributed by atoms with E-state index >= 15 is 0 Å². The molecule has 2 aromatic heterocycles. The topological polar surface area (TPSA) is 54.0 Å². The first-order valence-corrected chi connectivity index (χ1v) is 4.43. The summed E-state index contributed by atoms with van der Waals surface area (Å²) in [6.07, 6.45) is 1.47. The number of aryl methyl sites for hydroxylation is 1. The highest BCUT2D eigenvalue weighted by Crippen LogP contribution is 2.20. The van der Waals surface area contributed by atoms with Gasteiger partial charge >= 0.3 is 0 Å². The summed E-state index contributed by atoms with van der Waals surface area (Å²) in [5.41, 5.74) is 2.65. The van der Waals surface area contributed by atoms with Gasteiger partial charge in [0.2, 0.25) is 0 Å². The Labute approximate surface area is 85.7 Å². The van der Waals surface area contributed by atoms with Crippen LogP contribution in [0.1, 0.15) is 16.8 Å². The second-order valence-corrected chi connectivity index (χ2v) is 3.38. The first-order valence-electron chi connectivity index (χ1n) is 4.05. The van der Waals surface area contributed by atoms with E-state index in [1.165, 1.54) is 10.7 Å². The van der Waals surface area contributed by atoms with Crippen LogP contribution in [0.4, 0.5) is 0 Å². The van der Waals surface area contributed by atoms with Gasteiger partial charge in [-0.1, -0.05) is 11.6 Å². The quantitative estimate of drug-likeness (QED) is 0.619. The zero-order chi connectivity index (χ0) is 10.3. The third-order valence-electron chi connectivity index (χ3n) is 2.18. The molecule has 0 saturated heterocycles.